The lowest BCUT2D eigenvalue weighted by atomic mass is 10.1. The summed E-state index contributed by atoms with van der Waals surface area (Å²) >= 11 is 0. The minimum Gasteiger partial charge on any atom is -0.507 e. The van der Waals surface area contributed by atoms with Gasteiger partial charge < -0.3 is 15.2 Å². The number of amides is 1. The fraction of sp³-hybridized carbons (Fsp3) is 0.158. The minimum atomic E-state index is -0.505. The second-order valence-corrected chi connectivity index (χ2v) is 4.88. The molecule has 120 valence electrons. The molecule has 0 aliphatic heterocycles. The number of hydrogen-bond acceptors (Lipinski definition) is 4. The van der Waals surface area contributed by atoms with E-state index in [-0.39, 0.29) is 12.4 Å². The lowest BCUT2D eigenvalue weighted by molar-refractivity contribution is 0.140. The Hall–Kier alpha value is -3.44. The molecule has 0 aromatic heterocycles. The molecule has 0 heterocycles. The maximum atomic E-state index is 11.5. The second-order valence-electron chi connectivity index (χ2n) is 4.88. The van der Waals surface area contributed by atoms with Crippen molar-refractivity contribution >= 4 is 6.09 Å². The monoisotopic (exact) mass is 320 g/mol. The maximum Gasteiger partial charge on any atom is 0.407 e. The van der Waals surface area contributed by atoms with Gasteiger partial charge in [0.1, 0.15) is 12.4 Å². The molecule has 2 aromatic carbocycles. The lowest BCUT2D eigenvalue weighted by Gasteiger charge is -2.05. The molecule has 0 aliphatic rings. The van der Waals surface area contributed by atoms with E-state index in [1.165, 1.54) is 18.2 Å². The van der Waals surface area contributed by atoms with Gasteiger partial charge in [0.2, 0.25) is 0 Å². The van der Waals surface area contributed by atoms with Crippen LogP contribution in [0.25, 0.3) is 0 Å². The van der Waals surface area contributed by atoms with Crippen molar-refractivity contribution < 1.29 is 14.6 Å². The molecule has 0 spiro atoms. The molecule has 5 nitrogen and oxygen atoms in total. The highest BCUT2D eigenvalue weighted by molar-refractivity contribution is 5.67. The highest BCUT2D eigenvalue weighted by atomic mass is 16.5. The summed E-state index contributed by atoms with van der Waals surface area (Å²) in [5.41, 5.74) is 1.74. The van der Waals surface area contributed by atoms with E-state index in [4.69, 9.17) is 10.00 Å². The predicted octanol–water partition coefficient (Wildman–Crippen LogP) is 2.93. The zero-order valence-corrected chi connectivity index (χ0v) is 13.0. The van der Waals surface area contributed by atoms with Crippen molar-refractivity contribution in [1.82, 2.24) is 5.32 Å². The zero-order valence-electron chi connectivity index (χ0n) is 13.0. The molecule has 0 atom stereocenters. The van der Waals surface area contributed by atoms with Crippen molar-refractivity contribution in [2.75, 3.05) is 6.54 Å². The van der Waals surface area contributed by atoms with Gasteiger partial charge in [0.25, 0.3) is 0 Å². The van der Waals surface area contributed by atoms with Crippen LogP contribution in [-0.4, -0.2) is 17.7 Å². The number of rotatable bonds is 4. The third kappa shape index (κ3) is 5.40. The summed E-state index contributed by atoms with van der Waals surface area (Å²) < 4.78 is 5.07. The smallest absolute Gasteiger partial charge is 0.407 e. The molecular formula is C19H16N2O3. The topological polar surface area (TPSA) is 82.4 Å². The Kier molecular flexibility index (Phi) is 6.25. The number of hydrogen-bond donors (Lipinski definition) is 2. The third-order valence-electron chi connectivity index (χ3n) is 3.08. The summed E-state index contributed by atoms with van der Waals surface area (Å²) in [6.45, 7) is 0.548. The third-order valence-corrected chi connectivity index (χ3v) is 3.08. The number of phenols is 1. The average molecular weight is 320 g/mol. The van der Waals surface area contributed by atoms with Gasteiger partial charge in [-0.3, -0.25) is 0 Å². The molecule has 0 aliphatic carbocycles. The number of nitrogens with one attached hydrogen (secondary N) is 1. The van der Waals surface area contributed by atoms with Crippen LogP contribution < -0.4 is 5.32 Å². The molecule has 2 rings (SSSR count). The summed E-state index contributed by atoms with van der Waals surface area (Å²) in [5.74, 6) is 5.63. The SMILES string of the molecule is N#Cc1ccc(O)c(C#CCCNC(=O)OCc2ccccc2)c1. The first-order chi connectivity index (χ1) is 11.7. The summed E-state index contributed by atoms with van der Waals surface area (Å²) in [5, 5.41) is 21.1. The normalized spacial score (nSPS) is 9.29. The number of carbonyl (C=O) groups is 1. The largest absolute Gasteiger partial charge is 0.507 e. The van der Waals surface area contributed by atoms with Crippen molar-refractivity contribution in [3.05, 3.63) is 65.2 Å². The summed E-state index contributed by atoms with van der Waals surface area (Å²) in [6.07, 6.45) is -0.105. The fourth-order valence-corrected chi connectivity index (χ4v) is 1.86. The summed E-state index contributed by atoms with van der Waals surface area (Å²) in [4.78, 5) is 11.5. The molecule has 1 amide bonds. The molecular weight excluding hydrogens is 304 g/mol. The van der Waals surface area contributed by atoms with E-state index in [1.807, 2.05) is 36.4 Å². The molecule has 2 N–H and O–H groups in total. The highest BCUT2D eigenvalue weighted by Crippen LogP contribution is 2.16. The molecule has 0 fully saturated rings. The van der Waals surface area contributed by atoms with E-state index >= 15 is 0 Å². The molecule has 24 heavy (non-hydrogen) atoms. The van der Waals surface area contributed by atoms with Gasteiger partial charge >= 0.3 is 6.09 Å². The van der Waals surface area contributed by atoms with Crippen LogP contribution in [-0.2, 0) is 11.3 Å². The predicted molar refractivity (Wildman–Crippen MR) is 88.9 cm³/mol. The number of ether oxygens (including phenoxy) is 1. The van der Waals surface area contributed by atoms with Gasteiger partial charge in [0.05, 0.1) is 17.2 Å². The molecule has 0 bridgehead atoms. The van der Waals surface area contributed by atoms with Gasteiger partial charge in [0.15, 0.2) is 0 Å². The molecule has 0 saturated heterocycles. The molecule has 5 heteroatoms. The Morgan fingerprint density at radius 3 is 2.75 bits per heavy atom. The van der Waals surface area contributed by atoms with E-state index in [9.17, 15) is 9.90 Å². The van der Waals surface area contributed by atoms with Crippen LogP contribution in [0.1, 0.15) is 23.1 Å². The van der Waals surface area contributed by atoms with Gasteiger partial charge in [0, 0.05) is 13.0 Å². The van der Waals surface area contributed by atoms with Crippen molar-refractivity contribution in [2.24, 2.45) is 0 Å². The van der Waals surface area contributed by atoms with E-state index in [2.05, 4.69) is 17.2 Å². The minimum absolute atomic E-state index is 0.0248. The Balaban J connectivity index is 1.73. The van der Waals surface area contributed by atoms with E-state index in [0.717, 1.165) is 5.56 Å². The van der Waals surface area contributed by atoms with Crippen LogP contribution in [0, 0.1) is 23.2 Å². The van der Waals surface area contributed by atoms with Gasteiger partial charge in [-0.15, -0.1) is 0 Å². The Morgan fingerprint density at radius 2 is 2.00 bits per heavy atom. The van der Waals surface area contributed by atoms with Crippen LogP contribution >= 0.6 is 0 Å². The lowest BCUT2D eigenvalue weighted by Crippen LogP contribution is -2.24. The number of nitrogens with zero attached hydrogens (tertiary/aromatic N) is 1. The van der Waals surface area contributed by atoms with Crippen LogP contribution in [0.4, 0.5) is 4.79 Å². The van der Waals surface area contributed by atoms with Gasteiger partial charge in [-0.25, -0.2) is 4.79 Å². The van der Waals surface area contributed by atoms with Crippen molar-refractivity contribution in [1.29, 1.82) is 5.26 Å². The first kappa shape index (κ1) is 16.9. The first-order valence-corrected chi connectivity index (χ1v) is 7.35. The van der Waals surface area contributed by atoms with Crippen LogP contribution in [0.5, 0.6) is 5.75 Å². The number of benzene rings is 2. The molecule has 0 radical (unpaired) electrons. The fourth-order valence-electron chi connectivity index (χ4n) is 1.86. The van der Waals surface area contributed by atoms with Gasteiger partial charge in [-0.05, 0) is 23.8 Å². The first-order valence-electron chi connectivity index (χ1n) is 7.35. The Labute approximate surface area is 140 Å². The number of nitriles is 1. The quantitative estimate of drug-likeness (QED) is 0.670. The number of carbonyl (C=O) groups excluding carboxylic acids is 1. The van der Waals surface area contributed by atoms with E-state index in [0.29, 0.717) is 24.1 Å². The van der Waals surface area contributed by atoms with Crippen LogP contribution in [0.15, 0.2) is 48.5 Å². The number of phenolic OH excluding ortho intramolecular Hbond substituents is 1. The van der Waals surface area contributed by atoms with Crippen LogP contribution in [0.3, 0.4) is 0 Å². The van der Waals surface area contributed by atoms with Crippen LogP contribution in [0.2, 0.25) is 0 Å². The zero-order chi connectivity index (χ0) is 17.2. The van der Waals surface area contributed by atoms with E-state index < -0.39 is 6.09 Å². The Morgan fingerprint density at radius 1 is 1.21 bits per heavy atom. The molecule has 0 saturated carbocycles. The second kappa shape index (κ2) is 8.87. The Bertz CT molecular complexity index is 799. The molecule has 0 unspecified atom stereocenters. The van der Waals surface area contributed by atoms with Gasteiger partial charge in [-0.2, -0.15) is 5.26 Å². The standard InChI is InChI=1S/C19H16N2O3/c20-13-16-9-10-18(22)17(12-16)8-4-5-11-21-19(23)24-14-15-6-2-1-3-7-15/h1-3,6-7,9-10,12,22H,5,11,14H2,(H,21,23). The number of aromatic hydroxyl groups is 1. The summed E-state index contributed by atoms with van der Waals surface area (Å²) in [6, 6.07) is 15.9. The summed E-state index contributed by atoms with van der Waals surface area (Å²) in [7, 11) is 0. The van der Waals surface area contributed by atoms with Crippen molar-refractivity contribution in [3.63, 3.8) is 0 Å². The maximum absolute atomic E-state index is 11.5. The highest BCUT2D eigenvalue weighted by Gasteiger charge is 2.01. The van der Waals surface area contributed by atoms with Crippen molar-refractivity contribution in [3.8, 4) is 23.7 Å². The average Bonchev–Trinajstić information content (AvgIpc) is 2.62. The van der Waals surface area contributed by atoms with Gasteiger partial charge in [-0.1, -0.05) is 42.2 Å². The van der Waals surface area contributed by atoms with E-state index in [1.54, 1.807) is 0 Å². The number of alkyl carbamates (subject to hydrolysis) is 1. The van der Waals surface area contributed by atoms with Crippen molar-refractivity contribution in [2.45, 2.75) is 13.0 Å². The molecule has 2 aromatic rings.